The molecule has 0 amide bonds. The smallest absolute Gasteiger partial charge is 0.208 e. The Labute approximate surface area is 81.2 Å². The summed E-state index contributed by atoms with van der Waals surface area (Å²) >= 11 is 1.36. The maximum atomic E-state index is 11.4. The Hall–Kier alpha value is -1.03. The van der Waals surface area contributed by atoms with E-state index in [0.717, 1.165) is 5.76 Å². The number of hydrogen-bond donors (Lipinski definition) is 0. The molecule has 3 nitrogen and oxygen atoms in total. The molecule has 70 valence electrons. The van der Waals surface area contributed by atoms with Crippen molar-refractivity contribution in [2.75, 3.05) is 12.8 Å². The van der Waals surface area contributed by atoms with Crippen molar-refractivity contribution in [1.82, 2.24) is 0 Å². The van der Waals surface area contributed by atoms with Crippen molar-refractivity contribution in [3.05, 3.63) is 23.7 Å². The molecule has 0 saturated carbocycles. The topological polar surface area (TPSA) is 42.6 Å². The SMILES string of the molecule is CN=CSCC(=O)c1ccc(C)o1. The molecule has 1 heterocycles. The summed E-state index contributed by atoms with van der Waals surface area (Å²) in [5, 5.41) is 0. The molecular formula is C9H11NO2S. The highest BCUT2D eigenvalue weighted by atomic mass is 32.2. The van der Waals surface area contributed by atoms with Gasteiger partial charge in [0.1, 0.15) is 5.76 Å². The van der Waals surface area contributed by atoms with E-state index in [1.165, 1.54) is 11.8 Å². The molecule has 1 aromatic rings. The highest BCUT2D eigenvalue weighted by molar-refractivity contribution is 8.12. The normalized spacial score (nSPS) is 10.9. The minimum Gasteiger partial charge on any atom is -0.458 e. The second-order valence-corrected chi connectivity index (χ2v) is 3.34. The lowest BCUT2D eigenvalue weighted by molar-refractivity contribution is 0.0991. The Kier molecular flexibility index (Phi) is 3.76. The summed E-state index contributed by atoms with van der Waals surface area (Å²) in [5.41, 5.74) is 1.65. The van der Waals surface area contributed by atoms with Gasteiger partial charge in [0.05, 0.1) is 11.3 Å². The van der Waals surface area contributed by atoms with Crippen molar-refractivity contribution in [2.24, 2.45) is 4.99 Å². The number of Topliss-reactive ketones (excluding diaryl/α,β-unsaturated/α-hetero) is 1. The largest absolute Gasteiger partial charge is 0.458 e. The predicted octanol–water partition coefficient (Wildman–Crippen LogP) is 2.16. The third kappa shape index (κ3) is 3.06. The van der Waals surface area contributed by atoms with Gasteiger partial charge in [-0.3, -0.25) is 9.79 Å². The minimum atomic E-state index is -0.00185. The van der Waals surface area contributed by atoms with Gasteiger partial charge in [-0.25, -0.2) is 0 Å². The number of hydrogen-bond acceptors (Lipinski definition) is 4. The number of rotatable bonds is 4. The van der Waals surface area contributed by atoms with E-state index < -0.39 is 0 Å². The predicted molar refractivity (Wildman–Crippen MR) is 54.6 cm³/mol. The third-order valence-corrected chi connectivity index (χ3v) is 2.20. The molecule has 0 N–H and O–H groups in total. The molecular weight excluding hydrogens is 186 g/mol. The number of carbonyl (C=O) groups excluding carboxylic acids is 1. The van der Waals surface area contributed by atoms with Gasteiger partial charge in [-0.05, 0) is 19.1 Å². The van der Waals surface area contributed by atoms with E-state index in [2.05, 4.69) is 4.99 Å². The van der Waals surface area contributed by atoms with Gasteiger partial charge in [-0.1, -0.05) is 0 Å². The van der Waals surface area contributed by atoms with Crippen LogP contribution in [0, 0.1) is 6.92 Å². The summed E-state index contributed by atoms with van der Waals surface area (Å²) in [7, 11) is 1.68. The van der Waals surface area contributed by atoms with Crippen molar-refractivity contribution in [2.45, 2.75) is 6.92 Å². The van der Waals surface area contributed by atoms with Gasteiger partial charge < -0.3 is 4.42 Å². The van der Waals surface area contributed by atoms with Crippen molar-refractivity contribution in [1.29, 1.82) is 0 Å². The van der Waals surface area contributed by atoms with E-state index in [9.17, 15) is 4.79 Å². The Morgan fingerprint density at radius 2 is 2.46 bits per heavy atom. The third-order valence-electron chi connectivity index (χ3n) is 1.41. The van der Waals surface area contributed by atoms with Crippen LogP contribution in [0.1, 0.15) is 16.3 Å². The highest BCUT2D eigenvalue weighted by Crippen LogP contribution is 2.09. The maximum absolute atomic E-state index is 11.4. The van der Waals surface area contributed by atoms with Crippen LogP contribution in [0.3, 0.4) is 0 Å². The first-order chi connectivity index (χ1) is 6.24. The van der Waals surface area contributed by atoms with Gasteiger partial charge in [-0.2, -0.15) is 0 Å². The molecule has 0 aliphatic heterocycles. The molecule has 13 heavy (non-hydrogen) atoms. The van der Waals surface area contributed by atoms with Crippen LogP contribution in [-0.4, -0.2) is 24.1 Å². The molecule has 0 spiro atoms. The van der Waals surface area contributed by atoms with Crippen LogP contribution >= 0.6 is 11.8 Å². The molecule has 0 atom stereocenters. The van der Waals surface area contributed by atoms with Crippen LogP contribution in [0.25, 0.3) is 0 Å². The molecule has 0 bridgehead atoms. The van der Waals surface area contributed by atoms with Crippen molar-refractivity contribution >= 4 is 23.1 Å². The number of thioether (sulfide) groups is 1. The number of ketones is 1. The molecule has 1 rings (SSSR count). The Morgan fingerprint density at radius 3 is 3.00 bits per heavy atom. The lowest BCUT2D eigenvalue weighted by atomic mass is 10.3. The number of aliphatic imine (C=N–C) groups is 1. The van der Waals surface area contributed by atoms with Gasteiger partial charge in [0, 0.05) is 7.05 Å². The summed E-state index contributed by atoms with van der Waals surface area (Å²) in [5.74, 6) is 1.56. The number of carbonyl (C=O) groups is 1. The highest BCUT2D eigenvalue weighted by Gasteiger charge is 2.08. The van der Waals surface area contributed by atoms with Gasteiger partial charge in [-0.15, -0.1) is 11.8 Å². The Balaban J connectivity index is 2.49. The van der Waals surface area contributed by atoms with E-state index in [4.69, 9.17) is 4.42 Å². The first kappa shape index (κ1) is 10.1. The summed E-state index contributed by atoms with van der Waals surface area (Å²) < 4.78 is 5.17. The average Bonchev–Trinajstić information content (AvgIpc) is 2.52. The lowest BCUT2D eigenvalue weighted by Gasteiger charge is -1.92. The first-order valence-electron chi connectivity index (χ1n) is 3.86. The van der Waals surface area contributed by atoms with E-state index in [0.29, 0.717) is 11.5 Å². The Morgan fingerprint density at radius 1 is 1.69 bits per heavy atom. The zero-order valence-corrected chi connectivity index (χ0v) is 8.43. The minimum absolute atomic E-state index is 0.00185. The van der Waals surface area contributed by atoms with Crippen LogP contribution in [0.5, 0.6) is 0 Å². The fourth-order valence-corrected chi connectivity index (χ4v) is 1.36. The van der Waals surface area contributed by atoms with Gasteiger partial charge in [0.25, 0.3) is 0 Å². The number of nitrogens with zero attached hydrogens (tertiary/aromatic N) is 1. The molecule has 0 aliphatic carbocycles. The van der Waals surface area contributed by atoms with Gasteiger partial charge >= 0.3 is 0 Å². The van der Waals surface area contributed by atoms with E-state index in [1.807, 2.05) is 6.92 Å². The Bertz CT molecular complexity index is 317. The monoisotopic (exact) mass is 197 g/mol. The summed E-state index contributed by atoms with van der Waals surface area (Å²) in [4.78, 5) is 15.1. The molecule has 4 heteroatoms. The summed E-state index contributed by atoms with van der Waals surface area (Å²) in [6.07, 6.45) is 0. The zero-order valence-electron chi connectivity index (χ0n) is 7.61. The number of aryl methyl sites for hydroxylation is 1. The molecule has 0 aliphatic rings. The molecule has 0 unspecified atom stereocenters. The second kappa shape index (κ2) is 4.87. The lowest BCUT2D eigenvalue weighted by Crippen LogP contribution is -2.00. The van der Waals surface area contributed by atoms with Crippen LogP contribution in [0.15, 0.2) is 21.5 Å². The summed E-state index contributed by atoms with van der Waals surface area (Å²) in [6.45, 7) is 1.82. The van der Waals surface area contributed by atoms with Crippen molar-refractivity contribution < 1.29 is 9.21 Å². The second-order valence-electron chi connectivity index (χ2n) is 2.51. The molecule has 0 saturated heterocycles. The van der Waals surface area contributed by atoms with Crippen LogP contribution in [0.4, 0.5) is 0 Å². The van der Waals surface area contributed by atoms with Gasteiger partial charge in [0.15, 0.2) is 5.76 Å². The fourth-order valence-electron chi connectivity index (χ4n) is 0.843. The van der Waals surface area contributed by atoms with E-state index in [1.54, 1.807) is 24.7 Å². The molecule has 0 fully saturated rings. The quantitative estimate of drug-likeness (QED) is 0.422. The average molecular weight is 197 g/mol. The van der Waals surface area contributed by atoms with Crippen molar-refractivity contribution in [3.63, 3.8) is 0 Å². The molecule has 1 aromatic heterocycles. The van der Waals surface area contributed by atoms with Crippen LogP contribution in [0.2, 0.25) is 0 Å². The van der Waals surface area contributed by atoms with E-state index >= 15 is 0 Å². The fraction of sp³-hybridized carbons (Fsp3) is 0.333. The first-order valence-corrected chi connectivity index (χ1v) is 4.91. The van der Waals surface area contributed by atoms with Gasteiger partial charge in [0.2, 0.25) is 5.78 Å². The molecule has 0 aromatic carbocycles. The standard InChI is InChI=1S/C9H11NO2S/c1-7-3-4-9(12-7)8(11)5-13-6-10-2/h3-4,6H,5H2,1-2H3. The zero-order chi connectivity index (χ0) is 9.68. The molecule has 0 radical (unpaired) electrons. The van der Waals surface area contributed by atoms with Crippen molar-refractivity contribution in [3.8, 4) is 0 Å². The number of furan rings is 1. The summed E-state index contributed by atoms with van der Waals surface area (Å²) in [6, 6.07) is 3.48. The van der Waals surface area contributed by atoms with Crippen LogP contribution < -0.4 is 0 Å². The maximum Gasteiger partial charge on any atom is 0.208 e. The van der Waals surface area contributed by atoms with Crippen LogP contribution in [-0.2, 0) is 0 Å². The van der Waals surface area contributed by atoms with E-state index in [-0.39, 0.29) is 5.78 Å².